The van der Waals surface area contributed by atoms with Crippen LogP contribution in [0.2, 0.25) is 0 Å². The van der Waals surface area contributed by atoms with Gasteiger partial charge in [-0.1, -0.05) is 42.0 Å². The van der Waals surface area contributed by atoms with E-state index in [4.69, 9.17) is 5.73 Å². The molecule has 0 aliphatic heterocycles. The normalized spacial score (nSPS) is 12.1. The molecule has 0 aliphatic rings. The van der Waals surface area contributed by atoms with E-state index in [1.807, 2.05) is 0 Å². The van der Waals surface area contributed by atoms with Gasteiger partial charge in [-0.05, 0) is 31.4 Å². The minimum atomic E-state index is -0.0574. The van der Waals surface area contributed by atoms with E-state index in [9.17, 15) is 4.79 Å². The molecule has 1 aromatic heterocycles. The summed E-state index contributed by atoms with van der Waals surface area (Å²) in [4.78, 5) is 12.1. The molecular formula is C15H20N4OS. The number of aryl methyl sites for hydroxylation is 2. The third kappa shape index (κ3) is 4.01. The second-order valence-electron chi connectivity index (χ2n) is 5.10. The number of hydrogen-bond donors (Lipinski definition) is 2. The molecule has 0 fully saturated rings. The van der Waals surface area contributed by atoms with E-state index in [0.717, 1.165) is 12.0 Å². The van der Waals surface area contributed by atoms with Crippen molar-refractivity contribution in [3.8, 4) is 0 Å². The molecule has 0 unspecified atom stereocenters. The van der Waals surface area contributed by atoms with Crippen LogP contribution < -0.4 is 11.1 Å². The van der Waals surface area contributed by atoms with Crippen molar-refractivity contribution in [2.75, 3.05) is 5.73 Å². The van der Waals surface area contributed by atoms with Crippen LogP contribution in [0.4, 0.5) is 5.13 Å². The van der Waals surface area contributed by atoms with Gasteiger partial charge in [0.1, 0.15) is 5.01 Å². The van der Waals surface area contributed by atoms with Crippen LogP contribution in [0, 0.1) is 13.8 Å². The lowest BCUT2D eigenvalue weighted by atomic mass is 9.97. The number of nitrogens with zero attached hydrogens (tertiary/aromatic N) is 2. The number of carbonyl (C=O) groups excluding carboxylic acids is 1. The molecule has 3 N–H and O–H groups in total. The molecule has 112 valence electrons. The van der Waals surface area contributed by atoms with E-state index >= 15 is 0 Å². The summed E-state index contributed by atoms with van der Waals surface area (Å²) in [5.74, 6) is -0.0574. The lowest BCUT2D eigenvalue weighted by Gasteiger charge is -2.19. The molecule has 0 saturated heterocycles. The Hall–Kier alpha value is -1.95. The standard InChI is InChI=1S/C15H20N4OS/c1-4-12(11-6-5-9(2)7-10(11)3)17-13(20)8-14-18-19-15(16)21-14/h5-7,12H,4,8H2,1-3H3,(H2,16,19)(H,17,20)/t12-/m0/s1. The van der Waals surface area contributed by atoms with Gasteiger partial charge in [-0.2, -0.15) is 0 Å². The molecule has 21 heavy (non-hydrogen) atoms. The lowest BCUT2D eigenvalue weighted by Crippen LogP contribution is -2.30. The van der Waals surface area contributed by atoms with Crippen LogP contribution in [0.3, 0.4) is 0 Å². The first-order valence-electron chi connectivity index (χ1n) is 6.94. The van der Waals surface area contributed by atoms with E-state index in [0.29, 0.717) is 10.1 Å². The Kier molecular flexibility index (Phi) is 4.90. The van der Waals surface area contributed by atoms with Gasteiger partial charge in [0.2, 0.25) is 11.0 Å². The highest BCUT2D eigenvalue weighted by molar-refractivity contribution is 7.15. The summed E-state index contributed by atoms with van der Waals surface area (Å²) in [5, 5.41) is 11.7. The van der Waals surface area contributed by atoms with E-state index in [2.05, 4.69) is 54.5 Å². The molecule has 0 radical (unpaired) electrons. The first-order chi connectivity index (χ1) is 9.99. The van der Waals surface area contributed by atoms with Gasteiger partial charge in [-0.3, -0.25) is 4.79 Å². The molecule has 2 aromatic rings. The summed E-state index contributed by atoms with van der Waals surface area (Å²) in [6.45, 7) is 6.20. The first-order valence-corrected chi connectivity index (χ1v) is 7.75. The largest absolute Gasteiger partial charge is 0.374 e. The summed E-state index contributed by atoms with van der Waals surface area (Å²) in [6.07, 6.45) is 1.06. The van der Waals surface area contributed by atoms with Gasteiger partial charge in [0.15, 0.2) is 0 Å². The fraction of sp³-hybridized carbons (Fsp3) is 0.400. The third-order valence-electron chi connectivity index (χ3n) is 3.34. The van der Waals surface area contributed by atoms with Crippen LogP contribution in [0.15, 0.2) is 18.2 Å². The van der Waals surface area contributed by atoms with Crippen LogP contribution >= 0.6 is 11.3 Å². The molecule has 6 heteroatoms. The van der Waals surface area contributed by atoms with E-state index in [1.165, 1.54) is 22.5 Å². The molecule has 0 saturated carbocycles. The van der Waals surface area contributed by atoms with Crippen LogP contribution in [-0.4, -0.2) is 16.1 Å². The van der Waals surface area contributed by atoms with Crippen molar-refractivity contribution in [2.45, 2.75) is 39.7 Å². The number of nitrogens with one attached hydrogen (secondary N) is 1. The maximum atomic E-state index is 12.1. The van der Waals surface area contributed by atoms with E-state index in [1.54, 1.807) is 0 Å². The van der Waals surface area contributed by atoms with Gasteiger partial charge in [-0.15, -0.1) is 10.2 Å². The van der Waals surface area contributed by atoms with Crippen molar-refractivity contribution in [2.24, 2.45) is 0 Å². The number of rotatable bonds is 5. The lowest BCUT2D eigenvalue weighted by molar-refractivity contribution is -0.121. The highest BCUT2D eigenvalue weighted by Gasteiger charge is 2.16. The van der Waals surface area contributed by atoms with Gasteiger partial charge < -0.3 is 11.1 Å². The van der Waals surface area contributed by atoms with E-state index in [-0.39, 0.29) is 18.4 Å². The average Bonchev–Trinajstić information content (AvgIpc) is 2.82. The van der Waals surface area contributed by atoms with Gasteiger partial charge >= 0.3 is 0 Å². The van der Waals surface area contributed by atoms with Crippen molar-refractivity contribution in [1.82, 2.24) is 15.5 Å². The molecule has 1 heterocycles. The topological polar surface area (TPSA) is 80.9 Å². The molecule has 1 amide bonds. The fourth-order valence-electron chi connectivity index (χ4n) is 2.34. The number of benzene rings is 1. The molecular weight excluding hydrogens is 284 g/mol. The van der Waals surface area contributed by atoms with Crippen molar-refractivity contribution < 1.29 is 4.79 Å². The van der Waals surface area contributed by atoms with Gasteiger partial charge in [0, 0.05) is 0 Å². The number of carbonyl (C=O) groups is 1. The monoisotopic (exact) mass is 304 g/mol. The molecule has 0 aliphatic carbocycles. The molecule has 1 aromatic carbocycles. The Morgan fingerprint density at radius 2 is 2.14 bits per heavy atom. The molecule has 0 bridgehead atoms. The van der Waals surface area contributed by atoms with Crippen molar-refractivity contribution in [1.29, 1.82) is 0 Å². The maximum absolute atomic E-state index is 12.1. The van der Waals surface area contributed by atoms with Gasteiger partial charge in [-0.25, -0.2) is 0 Å². The molecule has 2 rings (SSSR count). The Balaban J connectivity index is 2.06. The number of hydrogen-bond acceptors (Lipinski definition) is 5. The SMILES string of the molecule is CC[C@H](NC(=O)Cc1nnc(N)s1)c1ccc(C)cc1C. The Morgan fingerprint density at radius 1 is 1.38 bits per heavy atom. The number of amides is 1. The van der Waals surface area contributed by atoms with E-state index < -0.39 is 0 Å². The predicted molar refractivity (Wildman–Crippen MR) is 85.1 cm³/mol. The molecule has 0 spiro atoms. The molecule has 1 atom stereocenters. The zero-order valence-corrected chi connectivity index (χ0v) is 13.3. The zero-order chi connectivity index (χ0) is 15.4. The summed E-state index contributed by atoms with van der Waals surface area (Å²) in [7, 11) is 0. The maximum Gasteiger partial charge on any atom is 0.227 e. The number of aromatic nitrogens is 2. The molecule has 5 nitrogen and oxygen atoms in total. The summed E-state index contributed by atoms with van der Waals surface area (Å²) < 4.78 is 0. The Bertz CT molecular complexity index is 638. The summed E-state index contributed by atoms with van der Waals surface area (Å²) in [6, 6.07) is 6.31. The Morgan fingerprint density at radius 3 is 2.71 bits per heavy atom. The second kappa shape index (κ2) is 6.67. The van der Waals surface area contributed by atoms with Crippen molar-refractivity contribution >= 4 is 22.4 Å². The summed E-state index contributed by atoms with van der Waals surface area (Å²) in [5.41, 5.74) is 9.10. The summed E-state index contributed by atoms with van der Waals surface area (Å²) >= 11 is 1.25. The zero-order valence-electron chi connectivity index (χ0n) is 12.5. The Labute approximate surface area is 128 Å². The quantitative estimate of drug-likeness (QED) is 0.889. The predicted octanol–water partition coefficient (Wildman–Crippen LogP) is 2.55. The van der Waals surface area contributed by atoms with Crippen molar-refractivity contribution in [3.05, 3.63) is 39.9 Å². The average molecular weight is 304 g/mol. The minimum absolute atomic E-state index is 0.0170. The first kappa shape index (κ1) is 15.4. The number of anilines is 1. The van der Waals surface area contributed by atoms with Crippen LogP contribution in [0.5, 0.6) is 0 Å². The highest BCUT2D eigenvalue weighted by Crippen LogP contribution is 2.22. The number of nitrogen functional groups attached to an aromatic ring is 1. The van der Waals surface area contributed by atoms with Gasteiger partial charge in [0.25, 0.3) is 0 Å². The highest BCUT2D eigenvalue weighted by atomic mass is 32.1. The van der Waals surface area contributed by atoms with Gasteiger partial charge in [0.05, 0.1) is 12.5 Å². The fourth-order valence-corrected chi connectivity index (χ4v) is 2.95. The van der Waals surface area contributed by atoms with Crippen LogP contribution in [0.1, 0.15) is 41.1 Å². The van der Waals surface area contributed by atoms with Crippen LogP contribution in [0.25, 0.3) is 0 Å². The second-order valence-corrected chi connectivity index (χ2v) is 6.19. The van der Waals surface area contributed by atoms with Crippen molar-refractivity contribution in [3.63, 3.8) is 0 Å². The van der Waals surface area contributed by atoms with Crippen LogP contribution in [-0.2, 0) is 11.2 Å². The third-order valence-corrected chi connectivity index (χ3v) is 4.09. The smallest absolute Gasteiger partial charge is 0.227 e. The number of nitrogens with two attached hydrogens (primary N) is 1. The minimum Gasteiger partial charge on any atom is -0.374 e.